The third-order valence-electron chi connectivity index (χ3n) is 4.52. The highest BCUT2D eigenvalue weighted by atomic mass is 79.9. The van der Waals surface area contributed by atoms with E-state index < -0.39 is 21.9 Å². The van der Waals surface area contributed by atoms with Gasteiger partial charge in [-0.3, -0.25) is 4.98 Å². The normalized spacial score (nSPS) is 12.4. The molecule has 0 bridgehead atoms. The van der Waals surface area contributed by atoms with Gasteiger partial charge in [0.05, 0.1) is 4.90 Å². The van der Waals surface area contributed by atoms with Crippen LogP contribution in [0.15, 0.2) is 70.4 Å². The van der Waals surface area contributed by atoms with E-state index in [9.17, 15) is 21.6 Å². The van der Waals surface area contributed by atoms with Crippen LogP contribution in [0.1, 0.15) is 11.3 Å². The molecule has 0 saturated heterocycles. The van der Waals surface area contributed by atoms with Crippen LogP contribution in [-0.4, -0.2) is 22.4 Å². The first-order valence-electron chi connectivity index (χ1n) is 8.60. The number of pyridine rings is 2. The van der Waals surface area contributed by atoms with Crippen molar-refractivity contribution in [1.29, 1.82) is 0 Å². The summed E-state index contributed by atoms with van der Waals surface area (Å²) in [5.74, 6) is 0. The van der Waals surface area contributed by atoms with Crippen molar-refractivity contribution in [2.75, 3.05) is 0 Å². The van der Waals surface area contributed by atoms with Gasteiger partial charge in [0.2, 0.25) is 0 Å². The fourth-order valence-electron chi connectivity index (χ4n) is 3.01. The topological polar surface area (TPSA) is 64.8 Å². The van der Waals surface area contributed by atoms with E-state index in [2.05, 4.69) is 25.9 Å². The van der Waals surface area contributed by atoms with Gasteiger partial charge < -0.3 is 0 Å². The highest BCUT2D eigenvalue weighted by Gasteiger charge is 2.32. The maximum atomic E-state index is 13.2. The van der Waals surface area contributed by atoms with Gasteiger partial charge >= 0.3 is 6.18 Å². The summed E-state index contributed by atoms with van der Waals surface area (Å²) in [5.41, 5.74) is 0.779. The minimum absolute atomic E-state index is 0.0758. The van der Waals surface area contributed by atoms with Crippen molar-refractivity contribution in [2.24, 2.45) is 0 Å². The number of hydrogen-bond donors (Lipinski definition) is 0. The Morgan fingerprint density at radius 3 is 2.30 bits per heavy atom. The lowest BCUT2D eigenvalue weighted by Gasteiger charge is -2.07. The van der Waals surface area contributed by atoms with E-state index in [0.717, 1.165) is 21.8 Å². The summed E-state index contributed by atoms with van der Waals surface area (Å²) in [4.78, 5) is 7.78. The Hall–Kier alpha value is -2.72. The van der Waals surface area contributed by atoms with Gasteiger partial charge in [0, 0.05) is 39.6 Å². The van der Waals surface area contributed by atoms with E-state index in [1.165, 1.54) is 30.6 Å². The quantitative estimate of drug-likeness (QED) is 0.380. The van der Waals surface area contributed by atoms with E-state index in [0.29, 0.717) is 21.0 Å². The molecule has 0 amide bonds. The van der Waals surface area contributed by atoms with Crippen LogP contribution in [0, 0.1) is 6.92 Å². The second-order valence-corrected chi connectivity index (χ2v) is 9.34. The van der Waals surface area contributed by atoms with Crippen LogP contribution in [0.25, 0.3) is 22.2 Å². The van der Waals surface area contributed by atoms with Crippen molar-refractivity contribution in [2.45, 2.75) is 18.0 Å². The van der Waals surface area contributed by atoms with Crippen molar-refractivity contribution in [3.8, 4) is 11.1 Å². The van der Waals surface area contributed by atoms with Gasteiger partial charge in [0.1, 0.15) is 5.69 Å². The molecule has 0 unspecified atom stereocenters. The Balaban J connectivity index is 1.93. The first-order valence-corrected chi connectivity index (χ1v) is 10.8. The van der Waals surface area contributed by atoms with Crippen LogP contribution in [-0.2, 0) is 16.2 Å². The maximum absolute atomic E-state index is 13.2. The number of alkyl halides is 3. The van der Waals surface area contributed by atoms with Gasteiger partial charge in [0.15, 0.2) is 5.65 Å². The standard InChI is InChI=1S/C20H13BrF3N3O2S/c1-12-2-5-15(6-3-12)30(28,29)27-11-17(16-8-14(21)10-26-19(16)27)13-4-7-18(25-9-13)20(22,23)24/h2-11H,1H3. The summed E-state index contributed by atoms with van der Waals surface area (Å²) in [6.07, 6.45) is -0.685. The monoisotopic (exact) mass is 495 g/mol. The number of nitrogens with zero attached hydrogens (tertiary/aromatic N) is 3. The van der Waals surface area contributed by atoms with E-state index in [1.54, 1.807) is 18.2 Å². The zero-order valence-corrected chi connectivity index (χ0v) is 17.8. The third-order valence-corrected chi connectivity index (χ3v) is 6.62. The molecule has 3 aromatic heterocycles. The van der Waals surface area contributed by atoms with Gasteiger partial charge in [-0.05, 0) is 47.1 Å². The van der Waals surface area contributed by atoms with Gasteiger partial charge in [-0.15, -0.1) is 0 Å². The van der Waals surface area contributed by atoms with Crippen LogP contribution in [0.3, 0.4) is 0 Å². The Bertz CT molecular complexity index is 1350. The number of aromatic nitrogens is 3. The maximum Gasteiger partial charge on any atom is 0.433 e. The van der Waals surface area contributed by atoms with Crippen molar-refractivity contribution >= 4 is 37.0 Å². The van der Waals surface area contributed by atoms with E-state index in [-0.39, 0.29) is 10.5 Å². The molecule has 10 heteroatoms. The second-order valence-electron chi connectivity index (χ2n) is 6.61. The molecular formula is C20H13BrF3N3O2S. The molecule has 0 fully saturated rings. The molecule has 0 aliphatic carbocycles. The average Bonchev–Trinajstić information content (AvgIpc) is 3.07. The predicted octanol–water partition coefficient (Wildman–Crippen LogP) is 5.43. The molecule has 0 spiro atoms. The molecule has 0 saturated carbocycles. The Labute approximate surface area is 178 Å². The summed E-state index contributed by atoms with van der Waals surface area (Å²) >= 11 is 3.30. The molecule has 4 aromatic rings. The minimum Gasteiger partial charge on any atom is -0.251 e. The van der Waals surface area contributed by atoms with Crippen LogP contribution in [0.5, 0.6) is 0 Å². The molecule has 30 heavy (non-hydrogen) atoms. The number of aryl methyl sites for hydroxylation is 1. The zero-order valence-electron chi connectivity index (χ0n) is 15.4. The van der Waals surface area contributed by atoms with E-state index in [1.807, 2.05) is 6.92 Å². The zero-order chi connectivity index (χ0) is 21.7. The van der Waals surface area contributed by atoms with Crippen molar-refractivity contribution < 1.29 is 21.6 Å². The third kappa shape index (κ3) is 3.61. The fourth-order valence-corrected chi connectivity index (χ4v) is 4.67. The minimum atomic E-state index is -4.56. The van der Waals surface area contributed by atoms with Crippen LogP contribution in [0.4, 0.5) is 13.2 Å². The molecule has 0 atom stereocenters. The number of halogens is 4. The fraction of sp³-hybridized carbons (Fsp3) is 0.100. The lowest BCUT2D eigenvalue weighted by Crippen LogP contribution is -2.12. The molecule has 4 rings (SSSR count). The smallest absolute Gasteiger partial charge is 0.251 e. The van der Waals surface area contributed by atoms with Gasteiger partial charge in [-0.2, -0.15) is 13.2 Å². The molecule has 3 heterocycles. The van der Waals surface area contributed by atoms with Gasteiger partial charge in [-0.25, -0.2) is 17.4 Å². The Morgan fingerprint density at radius 1 is 1.00 bits per heavy atom. The molecule has 0 aliphatic rings. The Kier molecular flexibility index (Phi) is 4.94. The lowest BCUT2D eigenvalue weighted by atomic mass is 10.1. The second kappa shape index (κ2) is 7.21. The largest absolute Gasteiger partial charge is 0.433 e. The SMILES string of the molecule is Cc1ccc(S(=O)(=O)n2cc(-c3ccc(C(F)(F)F)nc3)c3cc(Br)cnc32)cc1. The molecule has 5 nitrogen and oxygen atoms in total. The first kappa shape index (κ1) is 20.5. The number of rotatable bonds is 3. The van der Waals surface area contributed by atoms with Crippen LogP contribution >= 0.6 is 15.9 Å². The number of fused-ring (bicyclic) bond motifs is 1. The van der Waals surface area contributed by atoms with Crippen LogP contribution in [0.2, 0.25) is 0 Å². The molecule has 154 valence electrons. The molecular weight excluding hydrogens is 483 g/mol. The molecule has 0 N–H and O–H groups in total. The first-order chi connectivity index (χ1) is 14.1. The Morgan fingerprint density at radius 2 is 1.70 bits per heavy atom. The number of hydrogen-bond acceptors (Lipinski definition) is 4. The highest BCUT2D eigenvalue weighted by molar-refractivity contribution is 9.10. The molecule has 0 aliphatic heterocycles. The summed E-state index contributed by atoms with van der Waals surface area (Å²) in [6, 6.07) is 10.1. The summed E-state index contributed by atoms with van der Waals surface area (Å²) in [6.45, 7) is 1.84. The van der Waals surface area contributed by atoms with E-state index >= 15 is 0 Å². The predicted molar refractivity (Wildman–Crippen MR) is 109 cm³/mol. The summed E-state index contributed by atoms with van der Waals surface area (Å²) in [7, 11) is -3.98. The molecule has 0 radical (unpaired) electrons. The van der Waals surface area contributed by atoms with Crippen molar-refractivity contribution in [3.05, 3.63) is 76.8 Å². The van der Waals surface area contributed by atoms with Crippen molar-refractivity contribution in [1.82, 2.24) is 13.9 Å². The highest BCUT2D eigenvalue weighted by Crippen LogP contribution is 2.35. The summed E-state index contributed by atoms with van der Waals surface area (Å²) < 4.78 is 66.6. The van der Waals surface area contributed by atoms with Crippen LogP contribution < -0.4 is 0 Å². The van der Waals surface area contributed by atoms with E-state index in [4.69, 9.17) is 0 Å². The van der Waals surface area contributed by atoms with Gasteiger partial charge in [0.25, 0.3) is 10.0 Å². The van der Waals surface area contributed by atoms with Crippen molar-refractivity contribution in [3.63, 3.8) is 0 Å². The molecule has 1 aromatic carbocycles. The average molecular weight is 496 g/mol. The summed E-state index contributed by atoms with van der Waals surface area (Å²) in [5, 5.41) is 0.460. The number of benzene rings is 1. The van der Waals surface area contributed by atoms with Gasteiger partial charge in [-0.1, -0.05) is 23.8 Å². The lowest BCUT2D eigenvalue weighted by molar-refractivity contribution is -0.141.